The first-order chi connectivity index (χ1) is 13.2. The van der Waals surface area contributed by atoms with Gasteiger partial charge in [0.05, 0.1) is 19.3 Å². The molecule has 0 aliphatic carbocycles. The van der Waals surface area contributed by atoms with Gasteiger partial charge in [0.25, 0.3) is 0 Å². The zero-order valence-corrected chi connectivity index (χ0v) is 16.7. The molecule has 2 heterocycles. The van der Waals surface area contributed by atoms with Crippen LogP contribution < -0.4 is 9.64 Å². The van der Waals surface area contributed by atoms with Gasteiger partial charge in [-0.15, -0.1) is 0 Å². The van der Waals surface area contributed by atoms with Crippen LogP contribution in [0.15, 0.2) is 57.5 Å². The van der Waals surface area contributed by atoms with Crippen LogP contribution in [0.25, 0.3) is 11.4 Å². The third-order valence-corrected chi connectivity index (χ3v) is 5.20. The largest absolute Gasteiger partial charge is 0.495 e. The van der Waals surface area contributed by atoms with Gasteiger partial charge < -0.3 is 14.2 Å². The van der Waals surface area contributed by atoms with E-state index >= 15 is 0 Å². The number of rotatable bonds is 5. The van der Waals surface area contributed by atoms with Gasteiger partial charge in [0.1, 0.15) is 5.75 Å². The minimum atomic E-state index is 0.624. The highest BCUT2D eigenvalue weighted by atomic mass is 79.9. The molecule has 2 aromatic carbocycles. The summed E-state index contributed by atoms with van der Waals surface area (Å²) < 4.78 is 11.9. The number of hydrogen-bond acceptors (Lipinski definition) is 6. The molecule has 140 valence electrons. The molecule has 4 rings (SSSR count). The fraction of sp³-hybridized carbons (Fsp3) is 0.300. The predicted molar refractivity (Wildman–Crippen MR) is 108 cm³/mol. The van der Waals surface area contributed by atoms with Crippen LogP contribution in [0.2, 0.25) is 0 Å². The monoisotopic (exact) mass is 428 g/mol. The van der Waals surface area contributed by atoms with E-state index in [1.165, 1.54) is 0 Å². The van der Waals surface area contributed by atoms with Crippen molar-refractivity contribution in [1.29, 1.82) is 0 Å². The summed E-state index contributed by atoms with van der Waals surface area (Å²) >= 11 is 3.47. The van der Waals surface area contributed by atoms with Gasteiger partial charge in [-0.05, 0) is 24.3 Å². The Labute approximate surface area is 166 Å². The molecule has 0 bridgehead atoms. The molecule has 0 amide bonds. The second-order valence-corrected chi connectivity index (χ2v) is 7.37. The van der Waals surface area contributed by atoms with Gasteiger partial charge in [0.2, 0.25) is 11.7 Å². The quantitative estimate of drug-likeness (QED) is 0.615. The van der Waals surface area contributed by atoms with Crippen LogP contribution in [-0.4, -0.2) is 48.3 Å². The molecule has 0 N–H and O–H groups in total. The van der Waals surface area contributed by atoms with E-state index in [9.17, 15) is 0 Å². The van der Waals surface area contributed by atoms with Crippen molar-refractivity contribution in [2.24, 2.45) is 0 Å². The number of aromatic nitrogens is 2. The van der Waals surface area contributed by atoms with E-state index in [1.54, 1.807) is 7.11 Å². The van der Waals surface area contributed by atoms with Crippen LogP contribution in [0.4, 0.5) is 5.69 Å². The average Bonchev–Trinajstić information content (AvgIpc) is 3.17. The zero-order valence-electron chi connectivity index (χ0n) is 15.1. The normalized spacial score (nSPS) is 15.1. The standard InChI is InChI=1S/C20H21BrN4O2/c1-26-18-8-3-2-7-17(18)25-11-9-24(10-12-25)14-19-22-20(23-27-19)15-5-4-6-16(21)13-15/h2-8,13H,9-12,14H2,1H3. The minimum Gasteiger partial charge on any atom is -0.495 e. The molecule has 1 aromatic heterocycles. The van der Waals surface area contributed by atoms with Crippen LogP contribution in [0.1, 0.15) is 5.89 Å². The van der Waals surface area contributed by atoms with Crippen molar-refractivity contribution in [1.82, 2.24) is 15.0 Å². The smallest absolute Gasteiger partial charge is 0.241 e. The van der Waals surface area contributed by atoms with Crippen molar-refractivity contribution in [3.63, 3.8) is 0 Å². The first kappa shape index (κ1) is 18.0. The van der Waals surface area contributed by atoms with E-state index < -0.39 is 0 Å². The minimum absolute atomic E-state index is 0.624. The van der Waals surface area contributed by atoms with Gasteiger partial charge in [0.15, 0.2) is 0 Å². The Hall–Kier alpha value is -2.38. The highest BCUT2D eigenvalue weighted by Gasteiger charge is 2.21. The Morgan fingerprint density at radius 1 is 1.07 bits per heavy atom. The summed E-state index contributed by atoms with van der Waals surface area (Å²) in [5, 5.41) is 4.12. The number of para-hydroxylation sites is 2. The number of methoxy groups -OCH3 is 1. The molecule has 7 heteroatoms. The van der Waals surface area contributed by atoms with Crippen molar-refractivity contribution < 1.29 is 9.26 Å². The first-order valence-corrected chi connectivity index (χ1v) is 9.71. The molecule has 0 unspecified atom stereocenters. The lowest BCUT2D eigenvalue weighted by Crippen LogP contribution is -2.46. The maximum atomic E-state index is 5.48. The molecule has 1 saturated heterocycles. The van der Waals surface area contributed by atoms with Gasteiger partial charge in [-0.2, -0.15) is 4.98 Å². The predicted octanol–water partition coefficient (Wildman–Crippen LogP) is 3.83. The Kier molecular flexibility index (Phi) is 5.40. The van der Waals surface area contributed by atoms with E-state index in [1.807, 2.05) is 42.5 Å². The Morgan fingerprint density at radius 2 is 1.89 bits per heavy atom. The Bertz CT molecular complexity index is 906. The lowest BCUT2D eigenvalue weighted by Gasteiger charge is -2.35. The summed E-state index contributed by atoms with van der Waals surface area (Å²) in [5.41, 5.74) is 2.09. The fourth-order valence-electron chi connectivity index (χ4n) is 3.29. The maximum Gasteiger partial charge on any atom is 0.241 e. The van der Waals surface area contributed by atoms with E-state index in [2.05, 4.69) is 41.9 Å². The van der Waals surface area contributed by atoms with Gasteiger partial charge in [0, 0.05) is 36.2 Å². The van der Waals surface area contributed by atoms with Crippen LogP contribution >= 0.6 is 15.9 Å². The Balaban J connectivity index is 1.37. The van der Waals surface area contributed by atoms with Crippen LogP contribution in [0, 0.1) is 0 Å². The molecule has 6 nitrogen and oxygen atoms in total. The molecule has 0 spiro atoms. The molecule has 1 fully saturated rings. The second-order valence-electron chi connectivity index (χ2n) is 6.46. The van der Waals surface area contributed by atoms with E-state index in [0.29, 0.717) is 18.3 Å². The number of halogens is 1. The molecule has 0 saturated carbocycles. The van der Waals surface area contributed by atoms with Crippen molar-refractivity contribution in [3.8, 4) is 17.1 Å². The first-order valence-electron chi connectivity index (χ1n) is 8.92. The van der Waals surface area contributed by atoms with Crippen molar-refractivity contribution in [2.75, 3.05) is 38.2 Å². The number of piperazine rings is 1. The molecule has 3 aromatic rings. The highest BCUT2D eigenvalue weighted by Crippen LogP contribution is 2.28. The summed E-state index contributed by atoms with van der Waals surface area (Å²) in [5.74, 6) is 2.19. The molecule has 1 aliphatic heterocycles. The molecular weight excluding hydrogens is 408 g/mol. The topological polar surface area (TPSA) is 54.6 Å². The number of benzene rings is 2. The molecule has 1 aliphatic rings. The number of hydrogen-bond donors (Lipinski definition) is 0. The summed E-state index contributed by atoms with van der Waals surface area (Å²) in [6, 6.07) is 16.1. The molecule has 0 radical (unpaired) electrons. The lowest BCUT2D eigenvalue weighted by molar-refractivity contribution is 0.215. The van der Waals surface area contributed by atoms with Gasteiger partial charge in [-0.25, -0.2) is 0 Å². The Morgan fingerprint density at radius 3 is 2.67 bits per heavy atom. The van der Waals surface area contributed by atoms with Gasteiger partial charge in [-0.3, -0.25) is 4.90 Å². The molecular formula is C20H21BrN4O2. The maximum absolute atomic E-state index is 5.48. The van der Waals surface area contributed by atoms with Crippen LogP contribution in [0.5, 0.6) is 5.75 Å². The van der Waals surface area contributed by atoms with Crippen molar-refractivity contribution >= 4 is 21.6 Å². The third kappa shape index (κ3) is 4.14. The van der Waals surface area contributed by atoms with E-state index in [4.69, 9.17) is 9.26 Å². The van der Waals surface area contributed by atoms with Gasteiger partial charge >= 0.3 is 0 Å². The molecule has 27 heavy (non-hydrogen) atoms. The SMILES string of the molecule is COc1ccccc1N1CCN(Cc2nc(-c3cccc(Br)c3)no2)CC1. The summed E-state index contributed by atoms with van der Waals surface area (Å²) in [7, 11) is 1.72. The van der Waals surface area contributed by atoms with E-state index in [0.717, 1.165) is 47.7 Å². The van der Waals surface area contributed by atoms with Crippen molar-refractivity contribution in [3.05, 3.63) is 58.9 Å². The summed E-state index contributed by atoms with van der Waals surface area (Å²) in [6.07, 6.45) is 0. The van der Waals surface area contributed by atoms with E-state index in [-0.39, 0.29) is 0 Å². The van der Waals surface area contributed by atoms with Crippen molar-refractivity contribution in [2.45, 2.75) is 6.54 Å². The number of ether oxygens (including phenoxy) is 1. The third-order valence-electron chi connectivity index (χ3n) is 4.71. The van der Waals surface area contributed by atoms with Gasteiger partial charge in [-0.1, -0.05) is 45.4 Å². The number of nitrogens with zero attached hydrogens (tertiary/aromatic N) is 4. The molecule has 0 atom stereocenters. The fourth-order valence-corrected chi connectivity index (χ4v) is 3.69. The zero-order chi connectivity index (χ0) is 18.6. The highest BCUT2D eigenvalue weighted by molar-refractivity contribution is 9.10. The van der Waals surface area contributed by atoms with Crippen LogP contribution in [-0.2, 0) is 6.54 Å². The summed E-state index contributed by atoms with van der Waals surface area (Å²) in [6.45, 7) is 4.42. The second kappa shape index (κ2) is 8.10. The lowest BCUT2D eigenvalue weighted by atomic mass is 10.2. The summed E-state index contributed by atoms with van der Waals surface area (Å²) in [4.78, 5) is 9.24. The number of anilines is 1. The average molecular weight is 429 g/mol. The van der Waals surface area contributed by atoms with Crippen LogP contribution in [0.3, 0.4) is 0 Å².